The number of carbonyl (C=O) groups is 1. The van der Waals surface area contributed by atoms with Crippen molar-refractivity contribution < 1.29 is 44.6 Å². The number of aromatic hydroxyl groups is 1. The normalized spacial score (nSPS) is 7.46. The smallest absolute Gasteiger partial charge is 0.550 e. The van der Waals surface area contributed by atoms with Gasteiger partial charge in [-0.05, 0) is 18.6 Å². The van der Waals surface area contributed by atoms with Crippen molar-refractivity contribution >= 4 is 5.97 Å². The Bertz CT molecular complexity index is 224. The molecule has 66 valence electrons. The molecule has 0 fully saturated rings. The maximum absolute atomic E-state index is 9.26. The van der Waals surface area contributed by atoms with Crippen molar-refractivity contribution in [2.24, 2.45) is 0 Å². The zero-order valence-corrected chi connectivity index (χ0v) is 9.86. The van der Waals surface area contributed by atoms with E-state index in [-0.39, 0.29) is 36.0 Å². The van der Waals surface area contributed by atoms with Crippen molar-refractivity contribution in [2.75, 3.05) is 0 Å². The minimum absolute atomic E-state index is 0. The molecule has 0 radical (unpaired) electrons. The second-order valence-corrected chi connectivity index (χ2v) is 2.06. The Labute approximate surface area is 99.7 Å². The molecule has 0 saturated carbocycles. The van der Waals surface area contributed by atoms with E-state index in [9.17, 15) is 9.90 Å². The van der Waals surface area contributed by atoms with Gasteiger partial charge in [-0.3, -0.25) is 0 Å². The monoisotopic (exact) mass is 190 g/mol. The number of hydrogen-bond donors (Lipinski definition) is 1. The van der Waals surface area contributed by atoms with E-state index >= 15 is 0 Å². The number of carboxylic acids is 1. The van der Waals surface area contributed by atoms with Gasteiger partial charge < -0.3 is 15.0 Å². The van der Waals surface area contributed by atoms with Crippen LogP contribution in [-0.2, 0) is 4.79 Å². The molecule has 1 rings (SSSR count). The minimum Gasteiger partial charge on any atom is -0.550 e. The van der Waals surface area contributed by atoms with Crippen LogP contribution in [-0.4, -0.2) is 11.1 Å². The molecule has 0 aromatic heterocycles. The van der Waals surface area contributed by atoms with Gasteiger partial charge in [0.2, 0.25) is 0 Å². The fourth-order valence-corrected chi connectivity index (χ4v) is 0.428. The Hall–Kier alpha value is -0.510. The summed E-state index contributed by atoms with van der Waals surface area (Å²) in [6.45, 7) is 1.54. The molecule has 1 N–H and O–H groups in total. The molecule has 0 bridgehead atoms. The molecule has 0 aliphatic heterocycles. The van der Waals surface area contributed by atoms with E-state index in [4.69, 9.17) is 5.11 Å². The van der Waals surface area contributed by atoms with Crippen LogP contribution >= 0.6 is 0 Å². The quantitative estimate of drug-likeness (QED) is 0.500. The summed E-state index contributed by atoms with van der Waals surface area (Å²) < 4.78 is 0. The summed E-state index contributed by atoms with van der Waals surface area (Å²) in [5, 5.41) is 17.9. The molecule has 0 heterocycles. The van der Waals surface area contributed by atoms with Crippen LogP contribution in [0.2, 0.25) is 0 Å². The van der Waals surface area contributed by atoms with Gasteiger partial charge in [0.1, 0.15) is 5.75 Å². The van der Waals surface area contributed by atoms with E-state index in [0.717, 1.165) is 0 Å². The van der Waals surface area contributed by atoms with Gasteiger partial charge in [-0.15, -0.1) is 0 Å². The Morgan fingerprint density at radius 1 is 1.38 bits per heavy atom. The SMILES string of the molecule is CCC(=O)[O-].Oc1ccccc1.[Na+]. The third-order valence-corrected chi connectivity index (χ3v) is 1.04. The van der Waals surface area contributed by atoms with Crippen molar-refractivity contribution in [3.05, 3.63) is 30.3 Å². The van der Waals surface area contributed by atoms with Gasteiger partial charge in [0.05, 0.1) is 0 Å². The van der Waals surface area contributed by atoms with Crippen molar-refractivity contribution in [1.82, 2.24) is 0 Å². The van der Waals surface area contributed by atoms with Crippen molar-refractivity contribution in [3.8, 4) is 5.75 Å². The van der Waals surface area contributed by atoms with Crippen LogP contribution in [0.1, 0.15) is 13.3 Å². The molecule has 0 aliphatic carbocycles. The number of carbonyl (C=O) groups excluding carboxylic acids is 1. The predicted molar refractivity (Wildman–Crippen MR) is 43.4 cm³/mol. The first kappa shape index (κ1) is 15.0. The fourth-order valence-electron chi connectivity index (χ4n) is 0.428. The van der Waals surface area contributed by atoms with E-state index in [1.54, 1.807) is 24.3 Å². The molecule has 0 unspecified atom stereocenters. The van der Waals surface area contributed by atoms with Gasteiger partial charge in [-0.25, -0.2) is 0 Å². The van der Waals surface area contributed by atoms with E-state index in [0.29, 0.717) is 5.75 Å². The first-order valence-corrected chi connectivity index (χ1v) is 3.60. The molecule has 4 heteroatoms. The molecule has 13 heavy (non-hydrogen) atoms. The molecule has 0 saturated heterocycles. The maximum Gasteiger partial charge on any atom is 1.00 e. The number of rotatable bonds is 1. The molecule has 0 atom stereocenters. The maximum atomic E-state index is 9.26. The number of carboxylic acid groups (broad SMARTS) is 1. The molecule has 3 nitrogen and oxygen atoms in total. The zero-order valence-electron chi connectivity index (χ0n) is 7.86. The first-order valence-electron chi connectivity index (χ1n) is 3.60. The van der Waals surface area contributed by atoms with Crippen LogP contribution in [0, 0.1) is 0 Å². The van der Waals surface area contributed by atoms with Crippen molar-refractivity contribution in [2.45, 2.75) is 13.3 Å². The first-order chi connectivity index (χ1) is 5.66. The Morgan fingerprint density at radius 3 is 1.92 bits per heavy atom. The van der Waals surface area contributed by atoms with E-state index in [1.165, 1.54) is 6.92 Å². The molecule has 1 aromatic carbocycles. The van der Waals surface area contributed by atoms with Crippen LogP contribution in [0.4, 0.5) is 0 Å². The number of aliphatic carboxylic acids is 1. The number of hydrogen-bond acceptors (Lipinski definition) is 3. The van der Waals surface area contributed by atoms with Crippen molar-refractivity contribution in [1.29, 1.82) is 0 Å². The summed E-state index contributed by atoms with van der Waals surface area (Å²) in [6, 6.07) is 8.71. The van der Waals surface area contributed by atoms with Crippen LogP contribution in [0.25, 0.3) is 0 Å². The summed E-state index contributed by atoms with van der Waals surface area (Å²) in [7, 11) is 0. The van der Waals surface area contributed by atoms with Gasteiger partial charge >= 0.3 is 29.6 Å². The Morgan fingerprint density at radius 2 is 1.77 bits per heavy atom. The van der Waals surface area contributed by atoms with Crippen LogP contribution in [0.5, 0.6) is 5.75 Å². The summed E-state index contributed by atoms with van der Waals surface area (Å²) in [6.07, 6.45) is 0.111. The van der Waals surface area contributed by atoms with Gasteiger partial charge in [0, 0.05) is 5.97 Å². The van der Waals surface area contributed by atoms with Crippen LogP contribution in [0.3, 0.4) is 0 Å². The second kappa shape index (κ2) is 9.58. The average molecular weight is 190 g/mol. The number of para-hydroxylation sites is 1. The van der Waals surface area contributed by atoms with Crippen molar-refractivity contribution in [3.63, 3.8) is 0 Å². The molecule has 0 spiro atoms. The van der Waals surface area contributed by atoms with Crippen LogP contribution < -0.4 is 34.7 Å². The van der Waals surface area contributed by atoms with Gasteiger partial charge in [-0.1, -0.05) is 25.1 Å². The molecule has 0 amide bonds. The molecular formula is C9H11NaO3. The summed E-state index contributed by atoms with van der Waals surface area (Å²) in [4.78, 5) is 9.26. The number of phenols is 1. The second-order valence-electron chi connectivity index (χ2n) is 2.06. The predicted octanol–water partition coefficient (Wildman–Crippen LogP) is -2.46. The van der Waals surface area contributed by atoms with E-state index in [2.05, 4.69) is 0 Å². The number of benzene rings is 1. The van der Waals surface area contributed by atoms with Crippen LogP contribution in [0.15, 0.2) is 30.3 Å². The molecule has 1 aromatic rings. The third kappa shape index (κ3) is 11.5. The van der Waals surface area contributed by atoms with E-state index < -0.39 is 5.97 Å². The average Bonchev–Trinajstić information content (AvgIpc) is 2.07. The summed E-state index contributed by atoms with van der Waals surface area (Å²) >= 11 is 0. The minimum atomic E-state index is -0.995. The largest absolute Gasteiger partial charge is 1.00 e. The van der Waals surface area contributed by atoms with Gasteiger partial charge in [0.25, 0.3) is 0 Å². The van der Waals surface area contributed by atoms with Gasteiger partial charge in [0.15, 0.2) is 0 Å². The Kier molecular flexibility index (Phi) is 11.0. The third-order valence-electron chi connectivity index (χ3n) is 1.04. The van der Waals surface area contributed by atoms with E-state index in [1.807, 2.05) is 6.07 Å². The topological polar surface area (TPSA) is 60.4 Å². The Balaban J connectivity index is 0. The zero-order chi connectivity index (χ0) is 9.40. The molecular weight excluding hydrogens is 179 g/mol. The summed E-state index contributed by atoms with van der Waals surface area (Å²) in [5.41, 5.74) is 0. The fraction of sp³-hybridized carbons (Fsp3) is 0.222. The van der Waals surface area contributed by atoms with Gasteiger partial charge in [-0.2, -0.15) is 0 Å². The standard InChI is InChI=1S/C6H6O.C3H6O2.Na/c7-6-4-2-1-3-5-6;1-2-3(4)5;/h1-5,7H;2H2,1H3,(H,4,5);/q;;+1/p-1. The molecule has 0 aliphatic rings. The summed E-state index contributed by atoms with van der Waals surface area (Å²) in [5.74, 6) is -0.674. The number of phenolic OH excluding ortho intramolecular Hbond substituents is 1.